The van der Waals surface area contributed by atoms with Crippen LogP contribution in [0, 0.1) is 12.7 Å². The van der Waals surface area contributed by atoms with Crippen molar-refractivity contribution in [2.24, 2.45) is 5.73 Å². The van der Waals surface area contributed by atoms with Crippen molar-refractivity contribution in [3.05, 3.63) is 64.7 Å². The molecular formula is C22H17F4N5O2S. The number of primary amides is 1. The van der Waals surface area contributed by atoms with E-state index < -0.39 is 35.5 Å². The molecule has 34 heavy (non-hydrogen) atoms. The second-order valence-electron chi connectivity index (χ2n) is 7.57. The normalized spacial score (nSPS) is 12.6. The average molecular weight is 491 g/mol. The van der Waals surface area contributed by atoms with Gasteiger partial charge < -0.3 is 11.1 Å². The zero-order valence-corrected chi connectivity index (χ0v) is 18.6. The summed E-state index contributed by atoms with van der Waals surface area (Å²) in [5, 5.41) is 6.80. The van der Waals surface area contributed by atoms with Crippen LogP contribution in [-0.2, 0) is 11.0 Å². The number of alkyl halides is 3. The van der Waals surface area contributed by atoms with Gasteiger partial charge in [0.2, 0.25) is 5.91 Å². The Morgan fingerprint density at radius 1 is 1.21 bits per heavy atom. The lowest BCUT2D eigenvalue weighted by Crippen LogP contribution is -2.25. The number of thiophene rings is 1. The summed E-state index contributed by atoms with van der Waals surface area (Å²) in [6.45, 7) is 3.37. The first-order chi connectivity index (χ1) is 16.0. The number of pyridine rings is 1. The Hall–Kier alpha value is -3.80. The van der Waals surface area contributed by atoms with E-state index in [9.17, 15) is 27.2 Å². The Labute approximate surface area is 194 Å². The molecule has 1 unspecified atom stereocenters. The number of anilines is 1. The van der Waals surface area contributed by atoms with Crippen molar-refractivity contribution < 1.29 is 27.2 Å². The number of aromatic nitrogens is 3. The van der Waals surface area contributed by atoms with E-state index in [-0.39, 0.29) is 31.9 Å². The Morgan fingerprint density at radius 2 is 1.88 bits per heavy atom. The molecule has 4 aromatic rings. The van der Waals surface area contributed by atoms with Crippen LogP contribution in [0.5, 0.6) is 0 Å². The predicted molar refractivity (Wildman–Crippen MR) is 119 cm³/mol. The number of benzene rings is 1. The summed E-state index contributed by atoms with van der Waals surface area (Å²) in [6, 6.07) is 4.77. The number of hydrogen-bond acceptors (Lipinski definition) is 5. The number of amides is 2. The molecule has 0 bridgehead atoms. The van der Waals surface area contributed by atoms with Gasteiger partial charge >= 0.3 is 6.18 Å². The second-order valence-corrected chi connectivity index (χ2v) is 8.57. The Morgan fingerprint density at radius 3 is 2.44 bits per heavy atom. The minimum atomic E-state index is -4.78. The Bertz CT molecular complexity index is 1410. The maximum Gasteiger partial charge on any atom is 0.433 e. The van der Waals surface area contributed by atoms with E-state index in [0.29, 0.717) is 11.3 Å². The van der Waals surface area contributed by atoms with E-state index in [2.05, 4.69) is 15.4 Å². The largest absolute Gasteiger partial charge is 0.433 e. The lowest BCUT2D eigenvalue weighted by Gasteiger charge is -2.15. The van der Waals surface area contributed by atoms with Crippen molar-refractivity contribution in [3.8, 4) is 11.1 Å². The molecule has 0 spiro atoms. The van der Waals surface area contributed by atoms with Gasteiger partial charge in [0, 0.05) is 11.6 Å². The molecule has 0 saturated carbocycles. The van der Waals surface area contributed by atoms with Gasteiger partial charge in [-0.2, -0.15) is 18.3 Å². The molecule has 2 amide bonds. The lowest BCUT2D eigenvalue weighted by molar-refractivity contribution is -0.140. The van der Waals surface area contributed by atoms with E-state index in [1.807, 2.05) is 0 Å². The number of aryl methyl sites for hydroxylation is 1. The number of hydrogen-bond donors (Lipinski definition) is 2. The lowest BCUT2D eigenvalue weighted by atomic mass is 10.0. The highest BCUT2D eigenvalue weighted by molar-refractivity contribution is 7.21. The molecule has 3 heterocycles. The molecule has 7 nitrogen and oxygen atoms in total. The summed E-state index contributed by atoms with van der Waals surface area (Å²) in [5.74, 6) is -2.10. The molecule has 0 aliphatic heterocycles. The maximum atomic E-state index is 13.6. The summed E-state index contributed by atoms with van der Waals surface area (Å²) < 4.78 is 55.6. The smallest absolute Gasteiger partial charge is 0.365 e. The van der Waals surface area contributed by atoms with E-state index in [0.717, 1.165) is 23.8 Å². The Kier molecular flexibility index (Phi) is 5.86. The summed E-state index contributed by atoms with van der Waals surface area (Å²) in [7, 11) is 0. The molecular weight excluding hydrogens is 474 g/mol. The molecule has 176 valence electrons. The van der Waals surface area contributed by atoms with Gasteiger partial charge in [0.25, 0.3) is 5.91 Å². The van der Waals surface area contributed by atoms with Gasteiger partial charge in [0.15, 0.2) is 0 Å². The third kappa shape index (κ3) is 4.36. The number of carbonyl (C=O) groups is 2. The van der Waals surface area contributed by atoms with Crippen molar-refractivity contribution >= 4 is 39.1 Å². The van der Waals surface area contributed by atoms with Gasteiger partial charge in [-0.3, -0.25) is 14.3 Å². The van der Waals surface area contributed by atoms with Gasteiger partial charge in [-0.1, -0.05) is 12.1 Å². The number of halogens is 4. The molecule has 0 radical (unpaired) electrons. The minimum absolute atomic E-state index is 0.0129. The fraction of sp³-hybridized carbons (Fsp3) is 0.182. The van der Waals surface area contributed by atoms with Crippen molar-refractivity contribution in [2.75, 3.05) is 5.32 Å². The zero-order valence-electron chi connectivity index (χ0n) is 17.8. The molecule has 12 heteroatoms. The van der Waals surface area contributed by atoms with E-state index in [1.165, 1.54) is 16.8 Å². The molecule has 3 aromatic heterocycles. The molecule has 4 rings (SSSR count). The third-order valence-corrected chi connectivity index (χ3v) is 6.18. The van der Waals surface area contributed by atoms with Crippen LogP contribution >= 0.6 is 11.3 Å². The zero-order chi connectivity index (χ0) is 24.8. The van der Waals surface area contributed by atoms with Crippen LogP contribution in [-0.4, -0.2) is 26.6 Å². The number of nitrogens with one attached hydrogen (secondary N) is 1. The van der Waals surface area contributed by atoms with Gasteiger partial charge in [-0.15, -0.1) is 11.3 Å². The van der Waals surface area contributed by atoms with Crippen molar-refractivity contribution in [2.45, 2.75) is 26.1 Å². The number of rotatable bonds is 5. The monoisotopic (exact) mass is 491 g/mol. The van der Waals surface area contributed by atoms with Crippen LogP contribution in [0.3, 0.4) is 0 Å². The fourth-order valence-corrected chi connectivity index (χ4v) is 4.39. The molecule has 0 aliphatic rings. The van der Waals surface area contributed by atoms with Crippen molar-refractivity contribution in [1.29, 1.82) is 0 Å². The quantitative estimate of drug-likeness (QED) is 0.387. The Balaban J connectivity index is 1.93. The number of nitrogens with zero attached hydrogens (tertiary/aromatic N) is 3. The summed E-state index contributed by atoms with van der Waals surface area (Å²) >= 11 is 0.631. The van der Waals surface area contributed by atoms with Gasteiger partial charge in [-0.05, 0) is 48.7 Å². The molecule has 1 atom stereocenters. The average Bonchev–Trinajstić information content (AvgIpc) is 3.36. The van der Waals surface area contributed by atoms with Crippen LogP contribution in [0.2, 0.25) is 0 Å². The van der Waals surface area contributed by atoms with Crippen LogP contribution in [0.25, 0.3) is 21.3 Å². The van der Waals surface area contributed by atoms with E-state index in [1.54, 1.807) is 26.2 Å². The predicted octanol–water partition coefficient (Wildman–Crippen LogP) is 4.92. The van der Waals surface area contributed by atoms with Crippen LogP contribution in [0.4, 0.5) is 23.2 Å². The molecule has 0 saturated heterocycles. The molecule has 0 aliphatic carbocycles. The third-order valence-electron chi connectivity index (χ3n) is 5.09. The van der Waals surface area contributed by atoms with Crippen molar-refractivity contribution in [1.82, 2.24) is 14.8 Å². The van der Waals surface area contributed by atoms with Crippen LogP contribution < -0.4 is 11.1 Å². The first-order valence-corrected chi connectivity index (χ1v) is 10.7. The van der Waals surface area contributed by atoms with Gasteiger partial charge in [-0.25, -0.2) is 9.37 Å². The molecule has 3 N–H and O–H groups in total. The number of carbonyl (C=O) groups excluding carboxylic acids is 2. The maximum absolute atomic E-state index is 13.6. The van der Waals surface area contributed by atoms with E-state index >= 15 is 0 Å². The van der Waals surface area contributed by atoms with Gasteiger partial charge in [0.05, 0.1) is 11.9 Å². The number of nitrogens with two attached hydrogens (primary N) is 1. The number of fused-ring (bicyclic) bond motifs is 1. The highest BCUT2D eigenvalue weighted by Gasteiger charge is 2.35. The highest BCUT2D eigenvalue weighted by atomic mass is 32.1. The summed E-state index contributed by atoms with van der Waals surface area (Å²) in [5.41, 5.74) is 5.29. The molecule has 1 aromatic carbocycles. The topological polar surface area (TPSA) is 103 Å². The highest BCUT2D eigenvalue weighted by Crippen LogP contribution is 2.43. The van der Waals surface area contributed by atoms with Gasteiger partial charge in [0.1, 0.15) is 27.3 Å². The van der Waals surface area contributed by atoms with Crippen LogP contribution in [0.1, 0.15) is 33.9 Å². The first-order valence-electron chi connectivity index (χ1n) is 9.88. The fourth-order valence-electron chi connectivity index (χ4n) is 3.39. The van der Waals surface area contributed by atoms with E-state index in [4.69, 9.17) is 5.73 Å². The summed E-state index contributed by atoms with van der Waals surface area (Å²) in [6.07, 6.45) is -1.57. The van der Waals surface area contributed by atoms with Crippen LogP contribution in [0.15, 0.2) is 42.7 Å². The molecule has 0 fully saturated rings. The summed E-state index contributed by atoms with van der Waals surface area (Å²) in [4.78, 5) is 28.5. The first kappa shape index (κ1) is 23.4. The standard InChI is InChI=1S/C22H17F4N5O2S/c1-10-8-28-31(9-10)11(2)20(33)30-17-16-14(12-3-5-13(23)6-4-12)7-15(22(24,25)26)29-21(16)34-18(17)19(27)32/h3-9,11H,1-2H3,(H2,27,32)(H,30,33). The minimum Gasteiger partial charge on any atom is -0.365 e. The SMILES string of the molecule is Cc1cnn(C(C)C(=O)Nc2c(C(N)=O)sc3nc(C(F)(F)F)cc(-c4ccc(F)cc4)c23)c1. The second kappa shape index (κ2) is 8.52. The van der Waals surface area contributed by atoms with Crippen molar-refractivity contribution in [3.63, 3.8) is 0 Å².